The summed E-state index contributed by atoms with van der Waals surface area (Å²) in [7, 11) is 0. The van der Waals surface area contributed by atoms with Crippen LogP contribution < -0.4 is 10.1 Å². The van der Waals surface area contributed by atoms with E-state index in [2.05, 4.69) is 17.4 Å². The summed E-state index contributed by atoms with van der Waals surface area (Å²) in [5, 5.41) is 3.58. The standard InChI is InChI=1S/C15H21NO2/c1-2-8-15-13(7-1)14(11-18-15)16-9-3-5-12-6-4-10-17-12/h1-2,7-8,12,14,16H,3-6,9-11H2. The van der Waals surface area contributed by atoms with Crippen LogP contribution in [-0.2, 0) is 4.74 Å². The van der Waals surface area contributed by atoms with Gasteiger partial charge in [-0.05, 0) is 38.3 Å². The minimum absolute atomic E-state index is 0.366. The molecule has 0 aromatic heterocycles. The largest absolute Gasteiger partial charge is 0.491 e. The first kappa shape index (κ1) is 12.0. The highest BCUT2D eigenvalue weighted by molar-refractivity contribution is 5.39. The topological polar surface area (TPSA) is 30.5 Å². The van der Waals surface area contributed by atoms with Crippen LogP contribution in [0.25, 0.3) is 0 Å². The number of rotatable bonds is 5. The third-order valence-electron chi connectivity index (χ3n) is 3.82. The number of benzene rings is 1. The van der Waals surface area contributed by atoms with Crippen molar-refractivity contribution in [2.24, 2.45) is 0 Å². The number of hydrogen-bond donors (Lipinski definition) is 1. The zero-order valence-electron chi connectivity index (χ0n) is 10.7. The summed E-state index contributed by atoms with van der Waals surface area (Å²) in [5.74, 6) is 1.04. The Balaban J connectivity index is 1.41. The van der Waals surface area contributed by atoms with Crippen molar-refractivity contribution in [3.05, 3.63) is 29.8 Å². The molecule has 1 fully saturated rings. The Hall–Kier alpha value is -1.06. The van der Waals surface area contributed by atoms with E-state index in [-0.39, 0.29) is 0 Å². The van der Waals surface area contributed by atoms with Crippen molar-refractivity contribution < 1.29 is 9.47 Å². The lowest BCUT2D eigenvalue weighted by Gasteiger charge is -2.13. The van der Waals surface area contributed by atoms with Gasteiger partial charge < -0.3 is 14.8 Å². The molecule has 1 aromatic rings. The lowest BCUT2D eigenvalue weighted by molar-refractivity contribution is 0.102. The average Bonchev–Trinajstić information content (AvgIpc) is 3.04. The van der Waals surface area contributed by atoms with E-state index in [4.69, 9.17) is 9.47 Å². The molecule has 1 N–H and O–H groups in total. The molecule has 0 radical (unpaired) electrons. The zero-order chi connectivity index (χ0) is 12.2. The summed E-state index contributed by atoms with van der Waals surface area (Å²) in [6.45, 7) is 2.77. The normalized spacial score (nSPS) is 26.0. The van der Waals surface area contributed by atoms with Crippen LogP contribution in [0.15, 0.2) is 24.3 Å². The first-order valence-electron chi connectivity index (χ1n) is 7.00. The fourth-order valence-electron chi connectivity index (χ4n) is 2.81. The van der Waals surface area contributed by atoms with Gasteiger partial charge in [-0.15, -0.1) is 0 Å². The van der Waals surface area contributed by atoms with Gasteiger partial charge in [0.05, 0.1) is 12.1 Å². The molecule has 0 aliphatic carbocycles. The van der Waals surface area contributed by atoms with Gasteiger partial charge in [0.2, 0.25) is 0 Å². The molecule has 1 aromatic carbocycles. The molecule has 1 saturated heterocycles. The molecule has 2 aliphatic rings. The summed E-state index contributed by atoms with van der Waals surface area (Å²) >= 11 is 0. The van der Waals surface area contributed by atoms with Crippen molar-refractivity contribution in [2.75, 3.05) is 19.8 Å². The molecule has 0 spiro atoms. The van der Waals surface area contributed by atoms with Crippen LogP contribution >= 0.6 is 0 Å². The van der Waals surface area contributed by atoms with E-state index in [1.165, 1.54) is 31.2 Å². The number of ether oxygens (including phenoxy) is 2. The summed E-state index contributed by atoms with van der Waals surface area (Å²) in [6, 6.07) is 8.67. The van der Waals surface area contributed by atoms with Crippen molar-refractivity contribution in [1.29, 1.82) is 0 Å². The van der Waals surface area contributed by atoms with Crippen LogP contribution in [0.2, 0.25) is 0 Å². The van der Waals surface area contributed by atoms with E-state index in [1.54, 1.807) is 0 Å². The Kier molecular flexibility index (Phi) is 3.81. The van der Waals surface area contributed by atoms with E-state index in [1.807, 2.05) is 12.1 Å². The Labute approximate surface area is 108 Å². The van der Waals surface area contributed by atoms with E-state index in [9.17, 15) is 0 Å². The molecule has 2 aliphatic heterocycles. The average molecular weight is 247 g/mol. The molecule has 3 heteroatoms. The molecule has 2 unspecified atom stereocenters. The molecule has 2 atom stereocenters. The van der Waals surface area contributed by atoms with Gasteiger partial charge in [0, 0.05) is 12.2 Å². The van der Waals surface area contributed by atoms with E-state index in [0.717, 1.165) is 25.5 Å². The summed E-state index contributed by atoms with van der Waals surface area (Å²) < 4.78 is 11.3. The molecular formula is C15H21NO2. The number of hydrogen-bond acceptors (Lipinski definition) is 3. The van der Waals surface area contributed by atoms with Crippen molar-refractivity contribution >= 4 is 0 Å². The summed E-state index contributed by atoms with van der Waals surface area (Å²) in [4.78, 5) is 0. The van der Waals surface area contributed by atoms with Crippen LogP contribution in [0.4, 0.5) is 0 Å². The van der Waals surface area contributed by atoms with E-state index < -0.39 is 0 Å². The van der Waals surface area contributed by atoms with E-state index >= 15 is 0 Å². The molecule has 0 amide bonds. The predicted molar refractivity (Wildman–Crippen MR) is 70.9 cm³/mol. The summed E-state index contributed by atoms with van der Waals surface area (Å²) in [5.41, 5.74) is 1.30. The van der Waals surface area contributed by atoms with Gasteiger partial charge in [0.1, 0.15) is 12.4 Å². The number of para-hydroxylation sites is 1. The van der Waals surface area contributed by atoms with Gasteiger partial charge in [-0.2, -0.15) is 0 Å². The van der Waals surface area contributed by atoms with Crippen molar-refractivity contribution in [1.82, 2.24) is 5.32 Å². The van der Waals surface area contributed by atoms with Crippen LogP contribution in [0.5, 0.6) is 5.75 Å². The predicted octanol–water partition coefficient (Wildman–Crippen LogP) is 2.67. The Morgan fingerprint density at radius 1 is 1.28 bits per heavy atom. The zero-order valence-corrected chi connectivity index (χ0v) is 10.7. The van der Waals surface area contributed by atoms with Gasteiger partial charge in [-0.25, -0.2) is 0 Å². The van der Waals surface area contributed by atoms with Gasteiger partial charge in [-0.1, -0.05) is 18.2 Å². The van der Waals surface area contributed by atoms with Gasteiger partial charge in [0.25, 0.3) is 0 Å². The maximum atomic E-state index is 5.65. The van der Waals surface area contributed by atoms with Crippen molar-refractivity contribution in [2.45, 2.75) is 37.8 Å². The minimum Gasteiger partial charge on any atom is -0.491 e. The SMILES string of the molecule is c1ccc2c(c1)OCC2NCCCC1CCCO1. The Bertz CT molecular complexity index is 388. The fraction of sp³-hybridized carbons (Fsp3) is 0.600. The van der Waals surface area contributed by atoms with E-state index in [0.29, 0.717) is 12.1 Å². The first-order valence-corrected chi connectivity index (χ1v) is 7.00. The fourth-order valence-corrected chi connectivity index (χ4v) is 2.81. The molecule has 0 saturated carbocycles. The third kappa shape index (κ3) is 2.68. The molecule has 3 nitrogen and oxygen atoms in total. The van der Waals surface area contributed by atoms with Gasteiger partial charge >= 0.3 is 0 Å². The van der Waals surface area contributed by atoms with Crippen LogP contribution in [0, 0.1) is 0 Å². The quantitative estimate of drug-likeness (QED) is 0.811. The second kappa shape index (κ2) is 5.72. The number of fused-ring (bicyclic) bond motifs is 1. The van der Waals surface area contributed by atoms with Crippen LogP contribution in [0.1, 0.15) is 37.3 Å². The highest BCUT2D eigenvalue weighted by Gasteiger charge is 2.22. The van der Waals surface area contributed by atoms with Gasteiger partial charge in [0.15, 0.2) is 0 Å². The van der Waals surface area contributed by atoms with Crippen molar-refractivity contribution in [3.8, 4) is 5.75 Å². The number of nitrogens with one attached hydrogen (secondary N) is 1. The highest BCUT2D eigenvalue weighted by atomic mass is 16.5. The van der Waals surface area contributed by atoms with Gasteiger partial charge in [-0.3, -0.25) is 0 Å². The second-order valence-electron chi connectivity index (χ2n) is 5.13. The van der Waals surface area contributed by atoms with Crippen molar-refractivity contribution in [3.63, 3.8) is 0 Å². The first-order chi connectivity index (χ1) is 8.93. The molecule has 0 bridgehead atoms. The van der Waals surface area contributed by atoms with Crippen LogP contribution in [0.3, 0.4) is 0 Å². The molecule has 18 heavy (non-hydrogen) atoms. The molecule has 98 valence electrons. The smallest absolute Gasteiger partial charge is 0.124 e. The lowest BCUT2D eigenvalue weighted by Crippen LogP contribution is -2.24. The van der Waals surface area contributed by atoms with Crippen LogP contribution in [-0.4, -0.2) is 25.9 Å². The second-order valence-corrected chi connectivity index (χ2v) is 5.13. The molecule has 3 rings (SSSR count). The lowest BCUT2D eigenvalue weighted by atomic mass is 10.1. The Morgan fingerprint density at radius 2 is 2.22 bits per heavy atom. The molecular weight excluding hydrogens is 226 g/mol. The monoisotopic (exact) mass is 247 g/mol. The Morgan fingerprint density at radius 3 is 3.11 bits per heavy atom. The third-order valence-corrected chi connectivity index (χ3v) is 3.82. The maximum absolute atomic E-state index is 5.65. The summed E-state index contributed by atoms with van der Waals surface area (Å²) in [6.07, 6.45) is 5.36. The highest BCUT2D eigenvalue weighted by Crippen LogP contribution is 2.31. The maximum Gasteiger partial charge on any atom is 0.124 e. The molecule has 2 heterocycles. The minimum atomic E-state index is 0.366.